The van der Waals surface area contributed by atoms with Crippen molar-refractivity contribution < 1.29 is 0 Å². The van der Waals surface area contributed by atoms with Crippen LogP contribution in [0.5, 0.6) is 0 Å². The first-order valence-electron chi connectivity index (χ1n) is 5.06. The normalized spacial score (nSPS) is 9.65. The molecule has 5 nitrogen and oxygen atoms in total. The molecule has 84 valence electrons. The van der Waals surface area contributed by atoms with Crippen LogP contribution in [0.2, 0.25) is 0 Å². The second-order valence-corrected chi connectivity index (χ2v) is 3.53. The lowest BCUT2D eigenvalue weighted by Gasteiger charge is -2.08. The lowest BCUT2D eigenvalue weighted by Crippen LogP contribution is -2.00. The summed E-state index contributed by atoms with van der Waals surface area (Å²) in [4.78, 5) is 7.82. The highest BCUT2D eigenvalue weighted by atomic mass is 15.1. The van der Waals surface area contributed by atoms with Crippen LogP contribution in [0.3, 0.4) is 0 Å². The van der Waals surface area contributed by atoms with E-state index in [0.29, 0.717) is 17.1 Å². The van der Waals surface area contributed by atoms with Crippen molar-refractivity contribution in [2.75, 3.05) is 11.1 Å². The zero-order valence-electron chi connectivity index (χ0n) is 9.31. The molecule has 1 aromatic carbocycles. The van der Waals surface area contributed by atoms with Crippen LogP contribution < -0.4 is 11.1 Å². The molecular weight excluding hydrogens is 214 g/mol. The van der Waals surface area contributed by atoms with E-state index >= 15 is 0 Å². The Hall–Kier alpha value is -2.61. The van der Waals surface area contributed by atoms with Gasteiger partial charge in [-0.15, -0.1) is 0 Å². The first kappa shape index (κ1) is 10.9. The Kier molecular flexibility index (Phi) is 2.88. The molecule has 2 rings (SSSR count). The van der Waals surface area contributed by atoms with Crippen LogP contribution in [0.25, 0.3) is 0 Å². The van der Waals surface area contributed by atoms with E-state index in [1.165, 1.54) is 0 Å². The number of benzene rings is 1. The number of anilines is 3. The molecule has 0 spiro atoms. The molecule has 5 heteroatoms. The van der Waals surface area contributed by atoms with Crippen LogP contribution in [0.4, 0.5) is 17.5 Å². The van der Waals surface area contributed by atoms with E-state index in [2.05, 4.69) is 21.4 Å². The predicted molar refractivity (Wildman–Crippen MR) is 65.6 cm³/mol. The number of aromatic nitrogens is 2. The second-order valence-electron chi connectivity index (χ2n) is 3.53. The third-order valence-electron chi connectivity index (χ3n) is 2.32. The van der Waals surface area contributed by atoms with Crippen molar-refractivity contribution in [2.45, 2.75) is 6.92 Å². The Morgan fingerprint density at radius 1 is 1.35 bits per heavy atom. The van der Waals surface area contributed by atoms with E-state index in [1.54, 1.807) is 12.3 Å². The van der Waals surface area contributed by atoms with Gasteiger partial charge < -0.3 is 11.1 Å². The molecule has 0 saturated heterocycles. The third kappa shape index (κ3) is 2.32. The number of rotatable bonds is 2. The van der Waals surface area contributed by atoms with Crippen LogP contribution in [0, 0.1) is 18.3 Å². The molecule has 0 unspecified atom stereocenters. The maximum Gasteiger partial charge on any atom is 0.221 e. The van der Waals surface area contributed by atoms with E-state index in [0.717, 1.165) is 5.56 Å². The lowest BCUT2D eigenvalue weighted by molar-refractivity contribution is 1.18. The van der Waals surface area contributed by atoms with Gasteiger partial charge in [-0.2, -0.15) is 10.2 Å². The van der Waals surface area contributed by atoms with Crippen LogP contribution in [0.15, 0.2) is 30.5 Å². The maximum atomic E-state index is 9.08. The molecule has 0 aliphatic heterocycles. The standard InChI is InChI=1S/C12H11N5/c1-8-3-2-4-10(9(8)7-13)16-11-5-6-15-12(14)17-11/h2-6H,1H3,(H3,14,15,16,17). The van der Waals surface area contributed by atoms with Gasteiger partial charge in [-0.3, -0.25) is 0 Å². The van der Waals surface area contributed by atoms with Gasteiger partial charge in [0.25, 0.3) is 0 Å². The molecule has 3 N–H and O–H groups in total. The molecule has 0 aliphatic rings. The highest BCUT2D eigenvalue weighted by Gasteiger charge is 2.05. The van der Waals surface area contributed by atoms with Crippen molar-refractivity contribution in [3.8, 4) is 6.07 Å². The smallest absolute Gasteiger partial charge is 0.221 e. The van der Waals surface area contributed by atoms with Gasteiger partial charge in [0.1, 0.15) is 11.9 Å². The minimum Gasteiger partial charge on any atom is -0.368 e. The summed E-state index contributed by atoms with van der Waals surface area (Å²) in [6, 6.07) is 9.44. The summed E-state index contributed by atoms with van der Waals surface area (Å²) >= 11 is 0. The maximum absolute atomic E-state index is 9.08. The zero-order chi connectivity index (χ0) is 12.3. The number of aryl methyl sites for hydroxylation is 1. The molecule has 2 aromatic rings. The van der Waals surface area contributed by atoms with E-state index in [4.69, 9.17) is 11.0 Å². The van der Waals surface area contributed by atoms with Crippen molar-refractivity contribution in [2.24, 2.45) is 0 Å². The van der Waals surface area contributed by atoms with Crippen molar-refractivity contribution in [3.05, 3.63) is 41.6 Å². The van der Waals surface area contributed by atoms with E-state index < -0.39 is 0 Å². The Balaban J connectivity index is 2.37. The van der Waals surface area contributed by atoms with Crippen LogP contribution in [0.1, 0.15) is 11.1 Å². The van der Waals surface area contributed by atoms with Crippen LogP contribution >= 0.6 is 0 Å². The fourth-order valence-corrected chi connectivity index (χ4v) is 1.50. The summed E-state index contributed by atoms with van der Waals surface area (Å²) in [6.45, 7) is 1.89. The van der Waals surface area contributed by atoms with E-state index in [1.807, 2.05) is 25.1 Å². The van der Waals surface area contributed by atoms with Gasteiger partial charge in [0.05, 0.1) is 11.3 Å². The number of nitrogens with two attached hydrogens (primary N) is 1. The Morgan fingerprint density at radius 3 is 2.88 bits per heavy atom. The fraction of sp³-hybridized carbons (Fsp3) is 0.0833. The largest absolute Gasteiger partial charge is 0.368 e. The molecule has 0 saturated carbocycles. The van der Waals surface area contributed by atoms with E-state index in [-0.39, 0.29) is 5.95 Å². The molecule has 1 heterocycles. The molecule has 0 radical (unpaired) electrons. The summed E-state index contributed by atoms with van der Waals surface area (Å²) in [5.41, 5.74) is 7.72. The van der Waals surface area contributed by atoms with Crippen LogP contribution in [-0.2, 0) is 0 Å². The first-order chi connectivity index (χ1) is 8.20. The van der Waals surface area contributed by atoms with Gasteiger partial charge in [-0.25, -0.2) is 4.98 Å². The van der Waals surface area contributed by atoms with Gasteiger partial charge in [0, 0.05) is 6.20 Å². The number of nitriles is 1. The molecule has 0 fully saturated rings. The summed E-state index contributed by atoms with van der Waals surface area (Å²) in [5.74, 6) is 0.765. The van der Waals surface area contributed by atoms with Crippen molar-refractivity contribution in [1.82, 2.24) is 9.97 Å². The van der Waals surface area contributed by atoms with Crippen LogP contribution in [-0.4, -0.2) is 9.97 Å². The van der Waals surface area contributed by atoms with Gasteiger partial charge in [-0.05, 0) is 24.6 Å². The summed E-state index contributed by atoms with van der Waals surface area (Å²) in [5, 5.41) is 12.1. The summed E-state index contributed by atoms with van der Waals surface area (Å²) in [7, 11) is 0. The topological polar surface area (TPSA) is 87.6 Å². The van der Waals surface area contributed by atoms with Crippen molar-refractivity contribution in [3.63, 3.8) is 0 Å². The molecule has 0 aliphatic carbocycles. The minimum absolute atomic E-state index is 0.196. The SMILES string of the molecule is Cc1cccc(Nc2ccnc(N)n2)c1C#N. The highest BCUT2D eigenvalue weighted by Crippen LogP contribution is 2.21. The minimum atomic E-state index is 0.196. The Morgan fingerprint density at radius 2 is 2.18 bits per heavy atom. The number of nitrogen functional groups attached to an aromatic ring is 1. The number of hydrogen-bond donors (Lipinski definition) is 2. The summed E-state index contributed by atoms with van der Waals surface area (Å²) < 4.78 is 0. The van der Waals surface area contributed by atoms with Crippen molar-refractivity contribution in [1.29, 1.82) is 5.26 Å². The molecular formula is C12H11N5. The average molecular weight is 225 g/mol. The molecule has 1 aromatic heterocycles. The second kappa shape index (κ2) is 4.49. The monoisotopic (exact) mass is 225 g/mol. The average Bonchev–Trinajstić information content (AvgIpc) is 2.29. The highest BCUT2D eigenvalue weighted by molar-refractivity contribution is 5.66. The fourth-order valence-electron chi connectivity index (χ4n) is 1.50. The summed E-state index contributed by atoms with van der Waals surface area (Å²) in [6.07, 6.45) is 1.56. The molecule has 17 heavy (non-hydrogen) atoms. The van der Waals surface area contributed by atoms with Gasteiger partial charge >= 0.3 is 0 Å². The van der Waals surface area contributed by atoms with Crippen molar-refractivity contribution >= 4 is 17.5 Å². The Bertz CT molecular complexity index is 586. The number of hydrogen-bond acceptors (Lipinski definition) is 5. The quantitative estimate of drug-likeness (QED) is 0.815. The Labute approximate surface area is 98.9 Å². The first-order valence-corrected chi connectivity index (χ1v) is 5.06. The molecule has 0 bridgehead atoms. The predicted octanol–water partition coefficient (Wildman–Crippen LogP) is 1.98. The molecule has 0 atom stereocenters. The lowest BCUT2D eigenvalue weighted by atomic mass is 10.1. The number of nitrogens with zero attached hydrogens (tertiary/aromatic N) is 3. The van der Waals surface area contributed by atoms with Gasteiger partial charge in [-0.1, -0.05) is 12.1 Å². The van der Waals surface area contributed by atoms with Gasteiger partial charge in [0.15, 0.2) is 0 Å². The zero-order valence-corrected chi connectivity index (χ0v) is 9.31. The third-order valence-corrected chi connectivity index (χ3v) is 2.32. The van der Waals surface area contributed by atoms with Gasteiger partial charge in [0.2, 0.25) is 5.95 Å². The van der Waals surface area contributed by atoms with E-state index in [9.17, 15) is 0 Å². The molecule has 0 amide bonds. The number of nitrogens with one attached hydrogen (secondary N) is 1.